The molecule has 2 N–H and O–H groups in total. The fourth-order valence-corrected chi connectivity index (χ4v) is 2.64. The van der Waals surface area contributed by atoms with E-state index in [0.717, 1.165) is 11.4 Å². The molecule has 4 nitrogen and oxygen atoms in total. The lowest BCUT2D eigenvalue weighted by Crippen LogP contribution is -2.22. The maximum absolute atomic E-state index is 12.3. The van der Waals surface area contributed by atoms with Gasteiger partial charge in [0.2, 0.25) is 0 Å². The average Bonchev–Trinajstić information content (AvgIpc) is 2.70. The molecule has 0 aliphatic carbocycles. The molecule has 26 heavy (non-hydrogen) atoms. The number of anilines is 2. The number of rotatable bonds is 6. The summed E-state index contributed by atoms with van der Waals surface area (Å²) in [4.78, 5) is 14.0. The third-order valence-corrected chi connectivity index (χ3v) is 4.02. The number of nitrogens with one attached hydrogen (secondary N) is 1. The van der Waals surface area contributed by atoms with Gasteiger partial charge in [-0.3, -0.25) is 4.79 Å². The molecule has 0 saturated heterocycles. The van der Waals surface area contributed by atoms with Crippen LogP contribution < -0.4 is 10.2 Å². The number of amides is 1. The van der Waals surface area contributed by atoms with Crippen LogP contribution in [0, 0.1) is 0 Å². The highest BCUT2D eigenvalue weighted by molar-refractivity contribution is 6.04. The number of hydrogen-bond donors (Lipinski definition) is 2. The van der Waals surface area contributed by atoms with Crippen molar-refractivity contribution in [2.75, 3.05) is 10.2 Å². The minimum atomic E-state index is -0.888. The Morgan fingerprint density at radius 2 is 1.50 bits per heavy atom. The molecule has 0 saturated carbocycles. The molecule has 1 amide bonds. The zero-order chi connectivity index (χ0) is 18.4. The Morgan fingerprint density at radius 3 is 2.08 bits per heavy atom. The van der Waals surface area contributed by atoms with Crippen molar-refractivity contribution in [2.45, 2.75) is 6.23 Å². The van der Waals surface area contributed by atoms with Crippen molar-refractivity contribution in [3.63, 3.8) is 0 Å². The molecule has 0 fully saturated rings. The number of carbonyl (C=O) groups excluding carboxylic acids is 1. The van der Waals surface area contributed by atoms with Crippen molar-refractivity contribution in [2.24, 2.45) is 0 Å². The highest BCUT2D eigenvalue weighted by Gasteiger charge is 2.16. The molecule has 0 aromatic heterocycles. The highest BCUT2D eigenvalue weighted by atomic mass is 16.3. The first-order valence-electron chi connectivity index (χ1n) is 8.29. The number of aliphatic hydroxyl groups is 1. The highest BCUT2D eigenvalue weighted by Crippen LogP contribution is 2.25. The molecule has 0 heterocycles. The van der Waals surface area contributed by atoms with E-state index in [2.05, 4.69) is 11.9 Å². The summed E-state index contributed by atoms with van der Waals surface area (Å²) in [7, 11) is 0. The van der Waals surface area contributed by atoms with Crippen LogP contribution in [0.3, 0.4) is 0 Å². The minimum Gasteiger partial charge on any atom is -0.369 e. The van der Waals surface area contributed by atoms with Gasteiger partial charge in [-0.15, -0.1) is 0 Å². The van der Waals surface area contributed by atoms with Gasteiger partial charge in [-0.2, -0.15) is 0 Å². The van der Waals surface area contributed by atoms with Gasteiger partial charge in [-0.1, -0.05) is 55.1 Å². The molecule has 3 rings (SSSR count). The number of benzene rings is 3. The smallest absolute Gasteiger partial charge is 0.255 e. The number of carbonyl (C=O) groups is 1. The van der Waals surface area contributed by atoms with Crippen molar-refractivity contribution >= 4 is 17.3 Å². The van der Waals surface area contributed by atoms with Gasteiger partial charge >= 0.3 is 0 Å². The summed E-state index contributed by atoms with van der Waals surface area (Å²) in [5.41, 5.74) is 2.77. The molecule has 0 radical (unpaired) electrons. The predicted molar refractivity (Wildman–Crippen MR) is 105 cm³/mol. The monoisotopic (exact) mass is 344 g/mol. The average molecular weight is 344 g/mol. The Kier molecular flexibility index (Phi) is 5.46. The lowest BCUT2D eigenvalue weighted by atomic mass is 10.1. The Labute approximate surface area is 153 Å². The molecule has 1 unspecified atom stereocenters. The summed E-state index contributed by atoms with van der Waals surface area (Å²) >= 11 is 0. The maximum atomic E-state index is 12.3. The fourth-order valence-electron chi connectivity index (χ4n) is 2.64. The topological polar surface area (TPSA) is 52.6 Å². The molecule has 0 aliphatic rings. The molecular weight excluding hydrogens is 324 g/mol. The minimum absolute atomic E-state index is 0.194. The number of hydrogen-bond acceptors (Lipinski definition) is 3. The van der Waals surface area contributed by atoms with Crippen molar-refractivity contribution < 1.29 is 9.90 Å². The molecular formula is C22H20N2O2. The molecule has 1 atom stereocenters. The third kappa shape index (κ3) is 3.99. The van der Waals surface area contributed by atoms with Gasteiger partial charge in [0.05, 0.1) is 0 Å². The van der Waals surface area contributed by atoms with Crippen LogP contribution in [0.25, 0.3) is 0 Å². The van der Waals surface area contributed by atoms with Crippen LogP contribution in [0.2, 0.25) is 0 Å². The molecule has 130 valence electrons. The second kappa shape index (κ2) is 8.14. The van der Waals surface area contributed by atoms with Crippen molar-refractivity contribution in [1.29, 1.82) is 0 Å². The zero-order valence-corrected chi connectivity index (χ0v) is 14.2. The lowest BCUT2D eigenvalue weighted by Gasteiger charge is -2.26. The second-order valence-corrected chi connectivity index (χ2v) is 5.74. The Morgan fingerprint density at radius 1 is 0.923 bits per heavy atom. The molecule has 3 aromatic carbocycles. The van der Waals surface area contributed by atoms with E-state index in [-0.39, 0.29) is 5.91 Å². The number of para-hydroxylation sites is 2. The third-order valence-electron chi connectivity index (χ3n) is 4.02. The van der Waals surface area contributed by atoms with E-state index >= 15 is 0 Å². The van der Waals surface area contributed by atoms with Crippen molar-refractivity contribution in [1.82, 2.24) is 0 Å². The SMILES string of the molecule is C=CN(c1ccccc1)C(O)c1ccc(C(=O)Nc2ccccc2)cc1. The maximum Gasteiger partial charge on any atom is 0.255 e. The number of nitrogens with zero attached hydrogens (tertiary/aromatic N) is 1. The van der Waals surface area contributed by atoms with Gasteiger partial charge in [0, 0.05) is 22.5 Å². The first kappa shape index (κ1) is 17.5. The lowest BCUT2D eigenvalue weighted by molar-refractivity contribution is 0.102. The van der Waals surface area contributed by atoms with E-state index in [1.807, 2.05) is 60.7 Å². The number of aliphatic hydroxyl groups excluding tert-OH is 1. The molecule has 3 aromatic rings. The van der Waals surface area contributed by atoms with E-state index in [1.165, 1.54) is 0 Å². The zero-order valence-electron chi connectivity index (χ0n) is 14.2. The summed E-state index contributed by atoms with van der Waals surface area (Å²) in [6.45, 7) is 3.78. The van der Waals surface area contributed by atoms with Crippen LogP contribution in [-0.4, -0.2) is 11.0 Å². The summed E-state index contributed by atoms with van der Waals surface area (Å²) in [5.74, 6) is -0.194. The predicted octanol–water partition coefficient (Wildman–Crippen LogP) is 4.58. The first-order valence-corrected chi connectivity index (χ1v) is 8.29. The fraction of sp³-hybridized carbons (Fsp3) is 0.0455. The summed E-state index contributed by atoms with van der Waals surface area (Å²) in [6.07, 6.45) is 0.692. The van der Waals surface area contributed by atoms with Gasteiger partial charge in [-0.25, -0.2) is 0 Å². The molecule has 4 heteroatoms. The summed E-state index contributed by atoms with van der Waals surface area (Å²) in [6, 6.07) is 25.7. The van der Waals surface area contributed by atoms with Crippen LogP contribution in [0.4, 0.5) is 11.4 Å². The molecule has 0 bridgehead atoms. The Bertz CT molecular complexity index is 862. The van der Waals surface area contributed by atoms with Crippen LogP contribution in [0.1, 0.15) is 22.1 Å². The second-order valence-electron chi connectivity index (χ2n) is 5.74. The van der Waals surface area contributed by atoms with Crippen LogP contribution in [0.15, 0.2) is 97.7 Å². The van der Waals surface area contributed by atoms with Gasteiger partial charge < -0.3 is 15.3 Å². The molecule has 0 spiro atoms. The van der Waals surface area contributed by atoms with Crippen LogP contribution in [0.5, 0.6) is 0 Å². The van der Waals surface area contributed by atoms with Gasteiger partial charge in [0.25, 0.3) is 5.91 Å². The van der Waals surface area contributed by atoms with E-state index < -0.39 is 6.23 Å². The van der Waals surface area contributed by atoms with Crippen molar-refractivity contribution in [3.8, 4) is 0 Å². The Hall–Kier alpha value is -3.37. The van der Waals surface area contributed by atoms with Crippen LogP contribution >= 0.6 is 0 Å². The van der Waals surface area contributed by atoms with E-state index in [4.69, 9.17) is 0 Å². The van der Waals surface area contributed by atoms with E-state index in [1.54, 1.807) is 35.4 Å². The van der Waals surface area contributed by atoms with Gasteiger partial charge in [-0.05, 0) is 42.6 Å². The quantitative estimate of drug-likeness (QED) is 0.644. The van der Waals surface area contributed by atoms with Gasteiger partial charge in [0.1, 0.15) is 0 Å². The standard InChI is InChI=1S/C22H20N2O2/c1-2-24(20-11-7-4-8-12-20)22(26)18-15-13-17(14-16-18)21(25)23-19-9-5-3-6-10-19/h2-16,22,26H,1H2,(H,23,25). The van der Waals surface area contributed by atoms with Crippen LogP contribution in [-0.2, 0) is 0 Å². The largest absolute Gasteiger partial charge is 0.369 e. The molecule has 0 aliphatic heterocycles. The van der Waals surface area contributed by atoms with Gasteiger partial charge in [0.15, 0.2) is 6.23 Å². The Balaban J connectivity index is 1.74. The van der Waals surface area contributed by atoms with E-state index in [9.17, 15) is 9.90 Å². The van der Waals surface area contributed by atoms with E-state index in [0.29, 0.717) is 11.1 Å². The summed E-state index contributed by atoms with van der Waals surface area (Å²) < 4.78 is 0. The normalized spacial score (nSPS) is 11.4. The summed E-state index contributed by atoms with van der Waals surface area (Å²) in [5, 5.41) is 13.5. The van der Waals surface area contributed by atoms with Crippen molar-refractivity contribution in [3.05, 3.63) is 109 Å². The first-order chi connectivity index (χ1) is 12.7.